The zero-order chi connectivity index (χ0) is 43.8. The fourth-order valence-corrected chi connectivity index (χ4v) is 8.79. The van der Waals surface area contributed by atoms with Gasteiger partial charge in [-0.2, -0.15) is 0 Å². The van der Waals surface area contributed by atoms with Gasteiger partial charge in [0, 0.05) is 6.42 Å². The first kappa shape index (κ1) is 58.9. The molecule has 0 aromatic carbocycles. The summed E-state index contributed by atoms with van der Waals surface area (Å²) in [6.45, 7) is 6.52. The Morgan fingerprint density at radius 2 is 0.700 bits per heavy atom. The molecule has 0 spiro atoms. The number of hydrogen-bond donors (Lipinski definition) is 3. The van der Waals surface area contributed by atoms with Crippen LogP contribution in [0.4, 0.5) is 0 Å². The molecule has 0 saturated carbocycles. The normalized spacial score (nSPS) is 13.1. The first-order chi connectivity index (χ1) is 29.5. The van der Waals surface area contributed by atoms with E-state index in [0.29, 0.717) is 19.3 Å². The summed E-state index contributed by atoms with van der Waals surface area (Å²) in [6.07, 6.45) is 53.1. The molecule has 60 heavy (non-hydrogen) atoms. The fourth-order valence-electron chi connectivity index (χ4n) is 8.79. The average Bonchev–Trinajstić information content (AvgIpc) is 3.24. The van der Waals surface area contributed by atoms with Crippen LogP contribution in [0.25, 0.3) is 0 Å². The summed E-state index contributed by atoms with van der Waals surface area (Å²) in [4.78, 5) is 26.1. The number of amides is 1. The topological polar surface area (TPSA) is 95.9 Å². The largest absolute Gasteiger partial charge is 0.462 e. The lowest BCUT2D eigenvalue weighted by atomic mass is 10.0. The number of unbranched alkanes of at least 4 members (excludes halogenated alkanes) is 38. The van der Waals surface area contributed by atoms with Crippen molar-refractivity contribution < 1.29 is 24.5 Å². The molecule has 0 aliphatic carbocycles. The molecule has 0 aliphatic rings. The van der Waals surface area contributed by atoms with Gasteiger partial charge in [0.2, 0.25) is 5.91 Å². The molecule has 0 fully saturated rings. The summed E-state index contributed by atoms with van der Waals surface area (Å²) in [5.41, 5.74) is 0. The standard InChI is InChI=1S/C54H107NO5/c1-4-7-10-13-16-19-22-24-26-27-28-31-34-37-40-43-46-52(57)51(49-56)55-53(58)48-50(45-42-39-36-33-30-21-18-15-12-9-6-3)60-54(59)47-44-41-38-35-32-29-25-23-20-17-14-11-8-5-2/h50-52,56-57H,4-49H2,1-3H3,(H,55,58). The monoisotopic (exact) mass is 850 g/mol. The highest BCUT2D eigenvalue weighted by Gasteiger charge is 2.24. The SMILES string of the molecule is CCCCCCCCCCCCCCCCCCC(O)C(CO)NC(=O)CC(CCCCCCCCCCCCC)OC(=O)CCCCCCCCCCCCCCCC. The summed E-state index contributed by atoms with van der Waals surface area (Å²) in [7, 11) is 0. The van der Waals surface area contributed by atoms with Crippen molar-refractivity contribution in [3.05, 3.63) is 0 Å². The Labute approximate surface area is 375 Å². The third-order valence-electron chi connectivity index (χ3n) is 12.9. The fraction of sp³-hybridized carbons (Fsp3) is 0.963. The summed E-state index contributed by atoms with van der Waals surface area (Å²) >= 11 is 0. The van der Waals surface area contributed by atoms with Crippen molar-refractivity contribution in [2.24, 2.45) is 0 Å². The molecule has 6 heteroatoms. The van der Waals surface area contributed by atoms with Crippen LogP contribution in [0.2, 0.25) is 0 Å². The van der Waals surface area contributed by atoms with Crippen molar-refractivity contribution in [2.45, 2.75) is 328 Å². The van der Waals surface area contributed by atoms with Crippen molar-refractivity contribution in [1.82, 2.24) is 5.32 Å². The van der Waals surface area contributed by atoms with E-state index in [9.17, 15) is 19.8 Å². The number of carbonyl (C=O) groups is 2. The van der Waals surface area contributed by atoms with Gasteiger partial charge in [-0.05, 0) is 25.7 Å². The number of aliphatic hydroxyl groups is 2. The minimum atomic E-state index is -0.779. The number of rotatable bonds is 50. The van der Waals surface area contributed by atoms with E-state index in [1.165, 1.54) is 225 Å². The van der Waals surface area contributed by atoms with Crippen molar-refractivity contribution in [1.29, 1.82) is 0 Å². The highest BCUT2D eigenvalue weighted by atomic mass is 16.5. The maximum atomic E-state index is 13.2. The molecule has 1 amide bonds. The average molecular weight is 850 g/mol. The molecule has 3 N–H and O–H groups in total. The molecule has 6 nitrogen and oxygen atoms in total. The van der Waals surface area contributed by atoms with E-state index in [0.717, 1.165) is 38.5 Å². The van der Waals surface area contributed by atoms with Gasteiger partial charge in [0.1, 0.15) is 6.10 Å². The number of carbonyl (C=O) groups excluding carboxylic acids is 2. The molecule has 0 aromatic heterocycles. The van der Waals surface area contributed by atoms with Crippen LogP contribution in [-0.2, 0) is 14.3 Å². The predicted molar refractivity (Wildman–Crippen MR) is 260 cm³/mol. The zero-order valence-corrected chi connectivity index (χ0v) is 40.9. The lowest BCUT2D eigenvalue weighted by Gasteiger charge is -2.24. The Balaban J connectivity index is 4.43. The van der Waals surface area contributed by atoms with Gasteiger partial charge in [-0.3, -0.25) is 9.59 Å². The van der Waals surface area contributed by atoms with Gasteiger partial charge in [-0.15, -0.1) is 0 Å². The Hall–Kier alpha value is -1.14. The molecule has 0 aliphatic heterocycles. The smallest absolute Gasteiger partial charge is 0.306 e. The molecule has 0 radical (unpaired) electrons. The van der Waals surface area contributed by atoms with E-state index in [1.54, 1.807) is 0 Å². The molecule has 3 atom stereocenters. The van der Waals surface area contributed by atoms with Crippen LogP contribution in [0.5, 0.6) is 0 Å². The predicted octanol–water partition coefficient (Wildman–Crippen LogP) is 16.4. The van der Waals surface area contributed by atoms with Crippen LogP contribution in [-0.4, -0.2) is 46.9 Å². The summed E-state index contributed by atoms with van der Waals surface area (Å²) in [5.74, 6) is -0.450. The van der Waals surface area contributed by atoms with E-state index in [1.807, 2.05) is 0 Å². The first-order valence-electron chi connectivity index (χ1n) is 27.3. The van der Waals surface area contributed by atoms with Crippen LogP contribution in [0.15, 0.2) is 0 Å². The number of hydrogen-bond acceptors (Lipinski definition) is 5. The van der Waals surface area contributed by atoms with Gasteiger partial charge in [-0.25, -0.2) is 0 Å². The number of nitrogens with one attached hydrogen (secondary N) is 1. The van der Waals surface area contributed by atoms with E-state index in [2.05, 4.69) is 26.1 Å². The van der Waals surface area contributed by atoms with E-state index in [-0.39, 0.29) is 24.9 Å². The molecule has 358 valence electrons. The maximum absolute atomic E-state index is 13.2. The Morgan fingerprint density at radius 1 is 0.417 bits per heavy atom. The summed E-state index contributed by atoms with van der Waals surface area (Å²) in [6, 6.07) is -0.692. The molecule has 0 saturated heterocycles. The number of aliphatic hydroxyl groups excluding tert-OH is 2. The summed E-state index contributed by atoms with van der Waals surface area (Å²) < 4.78 is 5.94. The second-order valence-electron chi connectivity index (χ2n) is 19.0. The zero-order valence-electron chi connectivity index (χ0n) is 40.9. The Bertz CT molecular complexity index is 867. The Morgan fingerprint density at radius 3 is 1.02 bits per heavy atom. The summed E-state index contributed by atoms with van der Waals surface area (Å²) in [5, 5.41) is 23.8. The van der Waals surface area contributed by atoms with Crippen molar-refractivity contribution >= 4 is 11.9 Å². The third-order valence-corrected chi connectivity index (χ3v) is 12.9. The molecular weight excluding hydrogens is 743 g/mol. The second kappa shape index (κ2) is 48.9. The van der Waals surface area contributed by atoms with Gasteiger partial charge < -0.3 is 20.3 Å². The molecule has 3 unspecified atom stereocenters. The Kier molecular flexibility index (Phi) is 48.0. The van der Waals surface area contributed by atoms with E-state index >= 15 is 0 Å². The van der Waals surface area contributed by atoms with Gasteiger partial charge in [0.05, 0.1) is 25.2 Å². The van der Waals surface area contributed by atoms with Crippen LogP contribution >= 0.6 is 0 Å². The first-order valence-corrected chi connectivity index (χ1v) is 27.3. The number of esters is 1. The van der Waals surface area contributed by atoms with Crippen LogP contribution in [0.3, 0.4) is 0 Å². The molecule has 0 rings (SSSR count). The van der Waals surface area contributed by atoms with Crippen molar-refractivity contribution in [2.75, 3.05) is 6.61 Å². The lowest BCUT2D eigenvalue weighted by Crippen LogP contribution is -2.46. The lowest BCUT2D eigenvalue weighted by molar-refractivity contribution is -0.151. The van der Waals surface area contributed by atoms with Gasteiger partial charge in [0.15, 0.2) is 0 Å². The maximum Gasteiger partial charge on any atom is 0.306 e. The van der Waals surface area contributed by atoms with Gasteiger partial charge in [0.25, 0.3) is 0 Å². The van der Waals surface area contributed by atoms with Crippen LogP contribution < -0.4 is 5.32 Å². The highest BCUT2D eigenvalue weighted by Crippen LogP contribution is 2.19. The molecule has 0 heterocycles. The van der Waals surface area contributed by atoms with E-state index < -0.39 is 18.2 Å². The molecule has 0 bridgehead atoms. The quantitative estimate of drug-likeness (QED) is 0.0419. The van der Waals surface area contributed by atoms with Crippen LogP contribution in [0.1, 0.15) is 310 Å². The van der Waals surface area contributed by atoms with Crippen molar-refractivity contribution in [3.63, 3.8) is 0 Å². The van der Waals surface area contributed by atoms with Crippen molar-refractivity contribution in [3.8, 4) is 0 Å². The number of ether oxygens (including phenoxy) is 1. The van der Waals surface area contributed by atoms with Gasteiger partial charge in [-0.1, -0.05) is 271 Å². The molecular formula is C54H107NO5. The van der Waals surface area contributed by atoms with Crippen LogP contribution in [0, 0.1) is 0 Å². The van der Waals surface area contributed by atoms with Gasteiger partial charge >= 0.3 is 5.97 Å². The minimum absolute atomic E-state index is 0.0878. The third kappa shape index (κ3) is 43.5. The second-order valence-corrected chi connectivity index (χ2v) is 19.0. The minimum Gasteiger partial charge on any atom is -0.462 e. The van der Waals surface area contributed by atoms with E-state index in [4.69, 9.17) is 4.74 Å². The highest BCUT2D eigenvalue weighted by molar-refractivity contribution is 5.77. The molecule has 0 aromatic rings.